The molecular formula is C15H21NO4. The average molecular weight is 279 g/mol. The molecule has 110 valence electrons. The smallest absolute Gasteiger partial charge is 0.270 e. The molecule has 0 saturated heterocycles. The third-order valence-corrected chi connectivity index (χ3v) is 3.35. The van der Waals surface area contributed by atoms with Gasteiger partial charge in [0.05, 0.1) is 19.4 Å². The van der Waals surface area contributed by atoms with Gasteiger partial charge < -0.3 is 19.5 Å². The van der Waals surface area contributed by atoms with Gasteiger partial charge in [-0.05, 0) is 38.0 Å². The van der Waals surface area contributed by atoms with E-state index in [1.54, 1.807) is 38.0 Å². The molecule has 1 aromatic carbocycles. The summed E-state index contributed by atoms with van der Waals surface area (Å²) in [5.41, 5.74) is 0.438. The van der Waals surface area contributed by atoms with E-state index in [4.69, 9.17) is 9.47 Å². The Kier molecular flexibility index (Phi) is 3.90. The van der Waals surface area contributed by atoms with Crippen LogP contribution in [0.2, 0.25) is 0 Å². The highest BCUT2D eigenvalue weighted by Crippen LogP contribution is 2.45. The van der Waals surface area contributed by atoms with Gasteiger partial charge in [0.15, 0.2) is 17.1 Å². The minimum Gasteiger partial charge on any atom is -0.493 e. The van der Waals surface area contributed by atoms with E-state index in [-0.39, 0.29) is 12.5 Å². The lowest BCUT2D eigenvalue weighted by Crippen LogP contribution is -2.52. The summed E-state index contributed by atoms with van der Waals surface area (Å²) in [7, 11) is 1.55. The molecule has 0 fully saturated rings. The summed E-state index contributed by atoms with van der Waals surface area (Å²) < 4.78 is 11.2. The van der Waals surface area contributed by atoms with Gasteiger partial charge in [0, 0.05) is 6.54 Å². The maximum absolute atomic E-state index is 12.5. The largest absolute Gasteiger partial charge is 0.493 e. The molecule has 1 aromatic rings. The third-order valence-electron chi connectivity index (χ3n) is 3.35. The molecule has 0 aliphatic carbocycles. The summed E-state index contributed by atoms with van der Waals surface area (Å²) in [4.78, 5) is 14.2. The van der Waals surface area contributed by atoms with Crippen molar-refractivity contribution >= 4 is 11.6 Å². The molecule has 1 aliphatic rings. The number of ether oxygens (including phenoxy) is 2. The molecule has 0 spiro atoms. The number of hydrogen-bond donors (Lipinski definition) is 1. The van der Waals surface area contributed by atoms with Gasteiger partial charge in [0.2, 0.25) is 0 Å². The zero-order chi connectivity index (χ0) is 14.9. The standard InChI is InChI=1S/C15H21NO4/c1-5-6-16-11-7-10(9-17)8-12(19-4)13(11)20-15(2,3)14(16)18/h7-8,17H,5-6,9H2,1-4H3. The van der Waals surface area contributed by atoms with Crippen LogP contribution in [-0.2, 0) is 11.4 Å². The number of benzene rings is 1. The Bertz CT molecular complexity index is 525. The molecule has 2 rings (SSSR count). The van der Waals surface area contributed by atoms with Gasteiger partial charge in [-0.3, -0.25) is 4.79 Å². The lowest BCUT2D eigenvalue weighted by molar-refractivity contribution is -0.132. The van der Waals surface area contributed by atoms with Gasteiger partial charge in [0.25, 0.3) is 5.91 Å². The molecule has 0 atom stereocenters. The van der Waals surface area contributed by atoms with E-state index in [9.17, 15) is 9.90 Å². The Balaban J connectivity index is 2.62. The van der Waals surface area contributed by atoms with E-state index >= 15 is 0 Å². The molecule has 0 radical (unpaired) electrons. The lowest BCUT2D eigenvalue weighted by Gasteiger charge is -2.39. The van der Waals surface area contributed by atoms with Crippen LogP contribution in [0.3, 0.4) is 0 Å². The maximum Gasteiger partial charge on any atom is 0.270 e. The zero-order valence-corrected chi connectivity index (χ0v) is 12.4. The second-order valence-corrected chi connectivity index (χ2v) is 5.37. The first-order valence-electron chi connectivity index (χ1n) is 6.77. The number of carbonyl (C=O) groups excluding carboxylic acids is 1. The fraction of sp³-hybridized carbons (Fsp3) is 0.533. The van der Waals surface area contributed by atoms with Crippen molar-refractivity contribution in [1.29, 1.82) is 0 Å². The maximum atomic E-state index is 12.5. The number of fused-ring (bicyclic) bond motifs is 1. The van der Waals surface area contributed by atoms with E-state index in [0.29, 0.717) is 29.3 Å². The van der Waals surface area contributed by atoms with Crippen LogP contribution in [-0.4, -0.2) is 30.3 Å². The molecule has 5 nitrogen and oxygen atoms in total. The van der Waals surface area contributed by atoms with Crippen LogP contribution in [0.15, 0.2) is 12.1 Å². The van der Waals surface area contributed by atoms with E-state index in [0.717, 1.165) is 6.42 Å². The minimum atomic E-state index is -0.920. The highest BCUT2D eigenvalue weighted by Gasteiger charge is 2.42. The number of methoxy groups -OCH3 is 1. The van der Waals surface area contributed by atoms with Gasteiger partial charge in [-0.15, -0.1) is 0 Å². The zero-order valence-electron chi connectivity index (χ0n) is 12.4. The number of nitrogens with zero attached hydrogens (tertiary/aromatic N) is 1. The van der Waals surface area contributed by atoms with E-state index in [2.05, 4.69) is 0 Å². The predicted octanol–water partition coefficient (Wildman–Crippen LogP) is 2.10. The van der Waals surface area contributed by atoms with Crippen molar-refractivity contribution < 1.29 is 19.4 Å². The van der Waals surface area contributed by atoms with E-state index < -0.39 is 5.60 Å². The molecule has 0 unspecified atom stereocenters. The summed E-state index contributed by atoms with van der Waals surface area (Å²) in [5, 5.41) is 9.34. The molecule has 0 bridgehead atoms. The molecule has 1 heterocycles. The van der Waals surface area contributed by atoms with Crippen LogP contribution < -0.4 is 14.4 Å². The molecular weight excluding hydrogens is 258 g/mol. The summed E-state index contributed by atoms with van der Waals surface area (Å²) in [6.07, 6.45) is 0.840. The first-order chi connectivity index (χ1) is 9.44. The van der Waals surface area contributed by atoms with Crippen LogP contribution in [0, 0.1) is 0 Å². The fourth-order valence-electron chi connectivity index (χ4n) is 2.37. The lowest BCUT2D eigenvalue weighted by atomic mass is 10.0. The quantitative estimate of drug-likeness (QED) is 0.917. The van der Waals surface area contributed by atoms with Crippen LogP contribution in [0.4, 0.5) is 5.69 Å². The number of aliphatic hydroxyl groups is 1. The highest BCUT2D eigenvalue weighted by atomic mass is 16.5. The van der Waals surface area contributed by atoms with Crippen LogP contribution in [0.5, 0.6) is 11.5 Å². The van der Waals surface area contributed by atoms with Crippen molar-refractivity contribution in [3.8, 4) is 11.5 Å². The van der Waals surface area contributed by atoms with Gasteiger partial charge >= 0.3 is 0 Å². The molecule has 1 N–H and O–H groups in total. The Morgan fingerprint density at radius 1 is 1.40 bits per heavy atom. The predicted molar refractivity (Wildman–Crippen MR) is 76.3 cm³/mol. The van der Waals surface area contributed by atoms with Gasteiger partial charge in [-0.2, -0.15) is 0 Å². The van der Waals surface area contributed by atoms with Crippen molar-refractivity contribution in [3.63, 3.8) is 0 Å². The van der Waals surface area contributed by atoms with Crippen LogP contribution in [0.1, 0.15) is 32.8 Å². The van der Waals surface area contributed by atoms with Crippen molar-refractivity contribution in [2.45, 2.75) is 39.4 Å². The van der Waals surface area contributed by atoms with Crippen LogP contribution in [0.25, 0.3) is 0 Å². The minimum absolute atomic E-state index is 0.0796. The Hall–Kier alpha value is -1.75. The monoisotopic (exact) mass is 279 g/mol. The summed E-state index contributed by atoms with van der Waals surface area (Å²) in [6.45, 7) is 6.01. The number of amides is 1. The molecule has 1 amide bonds. The van der Waals surface area contributed by atoms with Gasteiger partial charge in [-0.1, -0.05) is 6.92 Å². The van der Waals surface area contributed by atoms with Crippen LogP contribution >= 0.6 is 0 Å². The molecule has 0 saturated carbocycles. The summed E-state index contributed by atoms with van der Waals surface area (Å²) >= 11 is 0. The van der Waals surface area contributed by atoms with E-state index in [1.165, 1.54) is 0 Å². The number of hydrogen-bond acceptors (Lipinski definition) is 4. The topological polar surface area (TPSA) is 59.0 Å². The average Bonchev–Trinajstić information content (AvgIpc) is 2.43. The van der Waals surface area contributed by atoms with Crippen molar-refractivity contribution in [1.82, 2.24) is 0 Å². The second-order valence-electron chi connectivity index (χ2n) is 5.37. The van der Waals surface area contributed by atoms with Crippen molar-refractivity contribution in [3.05, 3.63) is 17.7 Å². The number of anilines is 1. The molecule has 0 aromatic heterocycles. The Labute approximate surface area is 119 Å². The highest BCUT2D eigenvalue weighted by molar-refractivity contribution is 6.03. The van der Waals surface area contributed by atoms with Crippen molar-refractivity contribution in [2.24, 2.45) is 0 Å². The van der Waals surface area contributed by atoms with Gasteiger partial charge in [0.1, 0.15) is 0 Å². The number of aliphatic hydroxyl groups excluding tert-OH is 1. The Morgan fingerprint density at radius 2 is 2.10 bits per heavy atom. The molecule has 1 aliphatic heterocycles. The Morgan fingerprint density at radius 3 is 2.65 bits per heavy atom. The molecule has 20 heavy (non-hydrogen) atoms. The number of rotatable bonds is 4. The van der Waals surface area contributed by atoms with Crippen molar-refractivity contribution in [2.75, 3.05) is 18.6 Å². The fourth-order valence-corrected chi connectivity index (χ4v) is 2.37. The first kappa shape index (κ1) is 14.7. The van der Waals surface area contributed by atoms with E-state index in [1.807, 2.05) is 6.92 Å². The first-order valence-corrected chi connectivity index (χ1v) is 6.77. The molecule has 5 heteroatoms. The normalized spacial score (nSPS) is 16.6. The third kappa shape index (κ3) is 2.33. The SMILES string of the molecule is CCCN1C(=O)C(C)(C)Oc2c(OC)cc(CO)cc21. The second kappa shape index (κ2) is 5.32. The van der Waals surface area contributed by atoms with Gasteiger partial charge in [-0.25, -0.2) is 0 Å². The summed E-state index contributed by atoms with van der Waals surface area (Å²) in [5.74, 6) is 1.01. The summed E-state index contributed by atoms with van der Waals surface area (Å²) in [6, 6.07) is 3.51. The number of carbonyl (C=O) groups is 1.